The number of amides is 1. The van der Waals surface area contributed by atoms with Gasteiger partial charge in [0.05, 0.1) is 21.6 Å². The molecule has 10 nitrogen and oxygen atoms in total. The molecule has 0 spiro atoms. The van der Waals surface area contributed by atoms with Crippen molar-refractivity contribution in [1.29, 1.82) is 0 Å². The number of hydrazone groups is 1. The molecule has 1 N–H and O–H groups in total. The van der Waals surface area contributed by atoms with Crippen LogP contribution in [0, 0.1) is 20.2 Å². The van der Waals surface area contributed by atoms with E-state index in [1.165, 1.54) is 36.5 Å². The standard InChI is InChI=1S/C18H12N4O6/c23-18(12-5-7-13(8-6-12)21(24)25)20-19-11-14-9-10-17(28-14)15-3-1-2-4-16(15)22(26)27/h1-11H,(H,20,23)/b19-11-. The van der Waals surface area contributed by atoms with Crippen LogP contribution < -0.4 is 5.43 Å². The Kier molecular flexibility index (Phi) is 5.21. The summed E-state index contributed by atoms with van der Waals surface area (Å²) in [6.45, 7) is 0. The average Bonchev–Trinajstić information content (AvgIpc) is 3.16. The maximum atomic E-state index is 12.0. The van der Waals surface area contributed by atoms with E-state index in [2.05, 4.69) is 10.5 Å². The zero-order valence-electron chi connectivity index (χ0n) is 14.1. The van der Waals surface area contributed by atoms with Gasteiger partial charge in [0.1, 0.15) is 11.5 Å². The smallest absolute Gasteiger partial charge is 0.280 e. The number of para-hydroxylation sites is 1. The van der Waals surface area contributed by atoms with Crippen LogP contribution >= 0.6 is 0 Å². The summed E-state index contributed by atoms with van der Waals surface area (Å²) in [6, 6.07) is 14.3. The van der Waals surface area contributed by atoms with Crippen molar-refractivity contribution in [1.82, 2.24) is 5.43 Å². The molecule has 0 radical (unpaired) electrons. The van der Waals surface area contributed by atoms with E-state index < -0.39 is 15.8 Å². The number of rotatable bonds is 6. The number of hydrogen-bond acceptors (Lipinski definition) is 7. The molecule has 3 rings (SSSR count). The Balaban J connectivity index is 1.68. The van der Waals surface area contributed by atoms with Crippen LogP contribution in [-0.2, 0) is 0 Å². The fourth-order valence-corrected chi connectivity index (χ4v) is 2.36. The highest BCUT2D eigenvalue weighted by Crippen LogP contribution is 2.30. The predicted molar refractivity (Wildman–Crippen MR) is 99.0 cm³/mol. The molecule has 0 aliphatic rings. The minimum atomic E-state index is -0.564. The summed E-state index contributed by atoms with van der Waals surface area (Å²) < 4.78 is 5.51. The molecule has 2 aromatic carbocycles. The van der Waals surface area contributed by atoms with Gasteiger partial charge in [-0.3, -0.25) is 25.0 Å². The van der Waals surface area contributed by atoms with Gasteiger partial charge in [-0.05, 0) is 30.3 Å². The van der Waals surface area contributed by atoms with Crippen LogP contribution in [-0.4, -0.2) is 22.0 Å². The van der Waals surface area contributed by atoms with Crippen molar-refractivity contribution in [2.45, 2.75) is 0 Å². The lowest BCUT2D eigenvalue weighted by Gasteiger charge is -1.99. The van der Waals surface area contributed by atoms with E-state index in [0.717, 1.165) is 0 Å². The van der Waals surface area contributed by atoms with Gasteiger partial charge in [-0.15, -0.1) is 0 Å². The minimum absolute atomic E-state index is 0.0909. The molecule has 28 heavy (non-hydrogen) atoms. The van der Waals surface area contributed by atoms with Crippen LogP contribution in [0.3, 0.4) is 0 Å². The number of nitrogens with zero attached hydrogens (tertiary/aromatic N) is 3. The average molecular weight is 380 g/mol. The molecular formula is C18H12N4O6. The van der Waals surface area contributed by atoms with Crippen molar-refractivity contribution in [3.05, 3.63) is 92.2 Å². The molecule has 0 saturated carbocycles. The Morgan fingerprint density at radius 3 is 2.36 bits per heavy atom. The summed E-state index contributed by atoms with van der Waals surface area (Å²) in [5, 5.41) is 25.5. The van der Waals surface area contributed by atoms with Crippen LogP contribution in [0.4, 0.5) is 11.4 Å². The first-order valence-electron chi connectivity index (χ1n) is 7.87. The zero-order chi connectivity index (χ0) is 20.1. The van der Waals surface area contributed by atoms with Gasteiger partial charge in [0.15, 0.2) is 0 Å². The number of hydrogen-bond donors (Lipinski definition) is 1. The van der Waals surface area contributed by atoms with E-state index >= 15 is 0 Å². The topological polar surface area (TPSA) is 141 Å². The second kappa shape index (κ2) is 7.91. The fraction of sp³-hybridized carbons (Fsp3) is 0. The van der Waals surface area contributed by atoms with Gasteiger partial charge in [-0.25, -0.2) is 5.43 Å². The van der Waals surface area contributed by atoms with Crippen molar-refractivity contribution < 1.29 is 19.1 Å². The van der Waals surface area contributed by atoms with Crippen LogP contribution in [0.2, 0.25) is 0 Å². The highest BCUT2D eigenvalue weighted by atomic mass is 16.6. The van der Waals surface area contributed by atoms with Crippen LogP contribution in [0.5, 0.6) is 0 Å². The molecule has 0 bridgehead atoms. The van der Waals surface area contributed by atoms with Gasteiger partial charge >= 0.3 is 0 Å². The molecule has 0 saturated heterocycles. The molecule has 0 unspecified atom stereocenters. The van der Waals surface area contributed by atoms with Gasteiger partial charge in [-0.1, -0.05) is 12.1 Å². The van der Waals surface area contributed by atoms with E-state index in [1.54, 1.807) is 30.3 Å². The summed E-state index contributed by atoms with van der Waals surface area (Å²) in [5.41, 5.74) is 2.57. The largest absolute Gasteiger partial charge is 0.455 e. The normalized spacial score (nSPS) is 10.7. The van der Waals surface area contributed by atoms with E-state index in [0.29, 0.717) is 5.56 Å². The van der Waals surface area contributed by atoms with Crippen LogP contribution in [0.15, 0.2) is 70.2 Å². The highest BCUT2D eigenvalue weighted by molar-refractivity contribution is 5.95. The predicted octanol–water partition coefficient (Wildman–Crippen LogP) is 3.53. The first-order valence-corrected chi connectivity index (χ1v) is 7.87. The zero-order valence-corrected chi connectivity index (χ0v) is 14.1. The monoisotopic (exact) mass is 380 g/mol. The summed E-state index contributed by atoms with van der Waals surface area (Å²) in [4.78, 5) is 32.6. The maximum Gasteiger partial charge on any atom is 0.280 e. The van der Waals surface area contributed by atoms with Crippen LogP contribution in [0.25, 0.3) is 11.3 Å². The number of furan rings is 1. The molecule has 1 aromatic heterocycles. The third kappa shape index (κ3) is 4.07. The van der Waals surface area contributed by atoms with Crippen molar-refractivity contribution in [2.75, 3.05) is 0 Å². The fourth-order valence-electron chi connectivity index (χ4n) is 2.36. The Morgan fingerprint density at radius 2 is 1.68 bits per heavy atom. The van der Waals surface area contributed by atoms with Gasteiger partial charge in [-0.2, -0.15) is 5.10 Å². The molecule has 3 aromatic rings. The van der Waals surface area contributed by atoms with Crippen molar-refractivity contribution in [2.24, 2.45) is 5.10 Å². The molecule has 0 fully saturated rings. The first-order chi connectivity index (χ1) is 13.5. The Labute approximate surface area is 157 Å². The molecule has 1 amide bonds. The number of carbonyl (C=O) groups is 1. The quantitative estimate of drug-likeness (QED) is 0.394. The van der Waals surface area contributed by atoms with E-state index in [-0.39, 0.29) is 28.5 Å². The van der Waals surface area contributed by atoms with Gasteiger partial charge in [0.25, 0.3) is 17.3 Å². The lowest BCUT2D eigenvalue weighted by atomic mass is 10.1. The maximum absolute atomic E-state index is 12.0. The number of nitro groups is 2. The van der Waals surface area contributed by atoms with E-state index in [1.807, 2.05) is 0 Å². The number of carbonyl (C=O) groups excluding carboxylic acids is 1. The molecular weight excluding hydrogens is 368 g/mol. The summed E-state index contributed by atoms with van der Waals surface area (Å²) in [7, 11) is 0. The number of benzene rings is 2. The SMILES string of the molecule is O=C(N/N=C\c1ccc(-c2ccccc2[N+](=O)[O-])o1)c1ccc([N+](=O)[O-])cc1. The third-order valence-corrected chi connectivity index (χ3v) is 3.69. The molecule has 0 aliphatic carbocycles. The minimum Gasteiger partial charge on any atom is -0.455 e. The Hall–Kier alpha value is -4.34. The second-order valence-corrected chi connectivity index (χ2v) is 5.48. The highest BCUT2D eigenvalue weighted by Gasteiger charge is 2.16. The van der Waals surface area contributed by atoms with E-state index in [4.69, 9.17) is 4.42 Å². The Bertz CT molecular complexity index is 1070. The second-order valence-electron chi connectivity index (χ2n) is 5.48. The van der Waals surface area contributed by atoms with Gasteiger partial charge < -0.3 is 4.42 Å². The number of non-ortho nitro benzene ring substituents is 1. The molecule has 140 valence electrons. The number of nitro benzene ring substituents is 2. The number of nitrogens with one attached hydrogen (secondary N) is 1. The summed E-state index contributed by atoms with van der Waals surface area (Å²) in [5.74, 6) is 0.00391. The molecule has 0 aliphatic heterocycles. The van der Waals surface area contributed by atoms with Crippen molar-refractivity contribution in [3.63, 3.8) is 0 Å². The molecule has 10 heteroatoms. The van der Waals surface area contributed by atoms with Crippen LogP contribution in [0.1, 0.15) is 16.1 Å². The van der Waals surface area contributed by atoms with Gasteiger partial charge in [0.2, 0.25) is 0 Å². The van der Waals surface area contributed by atoms with Gasteiger partial charge in [0, 0.05) is 23.8 Å². The van der Waals surface area contributed by atoms with E-state index in [9.17, 15) is 25.0 Å². The lowest BCUT2D eigenvalue weighted by molar-refractivity contribution is -0.384. The molecule has 1 heterocycles. The molecule has 0 atom stereocenters. The lowest BCUT2D eigenvalue weighted by Crippen LogP contribution is -2.17. The van der Waals surface area contributed by atoms with Crippen molar-refractivity contribution >= 4 is 23.5 Å². The third-order valence-electron chi connectivity index (χ3n) is 3.69. The summed E-state index contributed by atoms with van der Waals surface area (Å²) in [6.07, 6.45) is 1.24. The Morgan fingerprint density at radius 1 is 0.964 bits per heavy atom. The summed E-state index contributed by atoms with van der Waals surface area (Å²) >= 11 is 0. The van der Waals surface area contributed by atoms with Crippen molar-refractivity contribution in [3.8, 4) is 11.3 Å². The first kappa shape index (κ1) is 18.5.